The van der Waals surface area contributed by atoms with Gasteiger partial charge < -0.3 is 10.8 Å². The van der Waals surface area contributed by atoms with Crippen LogP contribution in [-0.4, -0.2) is 43.4 Å². The van der Waals surface area contributed by atoms with Gasteiger partial charge in [0.05, 0.1) is 5.70 Å². The second-order valence-electron chi connectivity index (χ2n) is 6.51. The third-order valence-corrected chi connectivity index (χ3v) is 7.24. The van der Waals surface area contributed by atoms with Crippen LogP contribution in [-0.2, 0) is 4.79 Å². The maximum Gasteiger partial charge on any atom is 0.240 e. The van der Waals surface area contributed by atoms with E-state index < -0.39 is 4.75 Å². The van der Waals surface area contributed by atoms with Crippen LogP contribution in [0.4, 0.5) is 0 Å². The highest BCUT2D eigenvalue weighted by molar-refractivity contribution is 8.18. The normalized spacial score (nSPS) is 27.6. The summed E-state index contributed by atoms with van der Waals surface area (Å²) < 4.78 is -0.592. The molecular formula is C15H25N3O2S3. The van der Waals surface area contributed by atoms with Gasteiger partial charge in [0.15, 0.2) is 0 Å². The van der Waals surface area contributed by atoms with E-state index in [-0.39, 0.29) is 22.8 Å². The number of hydrogen-bond donors (Lipinski definition) is 3. The van der Waals surface area contributed by atoms with Gasteiger partial charge in [0.25, 0.3) is 0 Å². The van der Waals surface area contributed by atoms with Crippen molar-refractivity contribution >= 4 is 41.2 Å². The molecule has 2 aliphatic rings. The number of rotatable bonds is 7. The summed E-state index contributed by atoms with van der Waals surface area (Å²) in [5.41, 5.74) is 10.1. The van der Waals surface area contributed by atoms with Gasteiger partial charge in [0.2, 0.25) is 5.91 Å². The van der Waals surface area contributed by atoms with Gasteiger partial charge >= 0.3 is 0 Å². The molecule has 2 rings (SSSR count). The number of hydrazine groups is 1. The smallest absolute Gasteiger partial charge is 0.240 e. The lowest BCUT2D eigenvalue weighted by Crippen LogP contribution is -2.55. The SMILES string of the molecule is CC(C)(C)NN1C(C2(C(N)=O)CC=CS2)=CSC1SCCCO. The van der Waals surface area contributed by atoms with Gasteiger partial charge in [-0.3, -0.25) is 9.80 Å². The number of nitrogens with two attached hydrogens (primary N) is 1. The summed E-state index contributed by atoms with van der Waals surface area (Å²) in [5.74, 6) is 0.563. The summed E-state index contributed by atoms with van der Waals surface area (Å²) >= 11 is 4.94. The van der Waals surface area contributed by atoms with E-state index in [0.717, 1.165) is 17.9 Å². The predicted molar refractivity (Wildman–Crippen MR) is 102 cm³/mol. The number of carbonyl (C=O) groups is 1. The third-order valence-electron chi connectivity index (χ3n) is 3.37. The first-order chi connectivity index (χ1) is 10.8. The molecule has 1 amide bonds. The average Bonchev–Trinajstić information content (AvgIpc) is 3.06. The molecule has 0 saturated heterocycles. The highest BCUT2D eigenvalue weighted by atomic mass is 32.2. The molecule has 0 spiro atoms. The summed E-state index contributed by atoms with van der Waals surface area (Å²) in [6.45, 7) is 6.49. The molecular weight excluding hydrogens is 350 g/mol. The van der Waals surface area contributed by atoms with Gasteiger partial charge in [0.1, 0.15) is 9.45 Å². The number of thioether (sulfide) groups is 3. The van der Waals surface area contributed by atoms with Gasteiger partial charge in [-0.05, 0) is 50.2 Å². The lowest BCUT2D eigenvalue weighted by atomic mass is 10.00. The van der Waals surface area contributed by atoms with Crippen molar-refractivity contribution in [2.24, 2.45) is 5.73 Å². The van der Waals surface area contributed by atoms with Crippen molar-refractivity contribution in [3.63, 3.8) is 0 Å². The van der Waals surface area contributed by atoms with E-state index in [1.807, 2.05) is 11.5 Å². The quantitative estimate of drug-likeness (QED) is 0.590. The fourth-order valence-electron chi connectivity index (χ4n) is 2.36. The highest BCUT2D eigenvalue weighted by Crippen LogP contribution is 2.50. The Kier molecular flexibility index (Phi) is 6.41. The molecule has 0 fully saturated rings. The van der Waals surface area contributed by atoms with Gasteiger partial charge in [-0.25, -0.2) is 5.43 Å². The molecule has 2 aliphatic heterocycles. The Balaban J connectivity index is 2.21. The van der Waals surface area contributed by atoms with Crippen molar-refractivity contribution in [2.45, 2.75) is 48.6 Å². The molecule has 0 aromatic heterocycles. The summed E-state index contributed by atoms with van der Waals surface area (Å²) in [5, 5.41) is 15.1. The van der Waals surface area contributed by atoms with Gasteiger partial charge in [-0.2, -0.15) is 0 Å². The minimum absolute atomic E-state index is 0.130. The minimum atomic E-state index is -0.725. The number of aliphatic hydroxyl groups excluding tert-OH is 1. The summed E-state index contributed by atoms with van der Waals surface area (Å²) in [4.78, 5) is 12.2. The Hall–Kier alpha value is -0.280. The van der Waals surface area contributed by atoms with Crippen LogP contribution in [0.2, 0.25) is 0 Å². The molecule has 0 aromatic carbocycles. The van der Waals surface area contributed by atoms with E-state index in [1.165, 1.54) is 11.8 Å². The molecule has 0 saturated carbocycles. The Morgan fingerprint density at radius 3 is 2.87 bits per heavy atom. The van der Waals surface area contributed by atoms with Crippen molar-refractivity contribution < 1.29 is 9.90 Å². The number of nitrogens with zero attached hydrogens (tertiary/aromatic N) is 1. The maximum atomic E-state index is 12.2. The van der Waals surface area contributed by atoms with Crippen LogP contribution in [0, 0.1) is 0 Å². The lowest BCUT2D eigenvalue weighted by molar-refractivity contribution is -0.119. The number of amides is 1. The van der Waals surface area contributed by atoms with Crippen LogP contribution in [0.3, 0.4) is 0 Å². The van der Waals surface area contributed by atoms with E-state index in [0.29, 0.717) is 6.42 Å². The Morgan fingerprint density at radius 2 is 2.35 bits per heavy atom. The summed E-state index contributed by atoms with van der Waals surface area (Å²) in [6.07, 6.45) is 3.38. The van der Waals surface area contributed by atoms with Crippen molar-refractivity contribution in [3.05, 3.63) is 22.6 Å². The zero-order chi connectivity index (χ0) is 17.1. The monoisotopic (exact) mass is 375 g/mol. The fraction of sp³-hybridized carbons (Fsp3) is 0.667. The number of carbonyl (C=O) groups excluding carboxylic acids is 1. The molecule has 0 bridgehead atoms. The number of allylic oxidation sites excluding steroid dienone is 1. The zero-order valence-electron chi connectivity index (χ0n) is 13.7. The van der Waals surface area contributed by atoms with Crippen LogP contribution < -0.4 is 11.2 Å². The van der Waals surface area contributed by atoms with Crippen molar-refractivity contribution in [3.8, 4) is 0 Å². The van der Waals surface area contributed by atoms with Crippen molar-refractivity contribution in [1.29, 1.82) is 0 Å². The first-order valence-electron chi connectivity index (χ1n) is 7.58. The molecule has 23 heavy (non-hydrogen) atoms. The second kappa shape index (κ2) is 7.74. The molecule has 2 atom stereocenters. The van der Waals surface area contributed by atoms with E-state index in [1.54, 1.807) is 23.5 Å². The Bertz CT molecular complexity index is 495. The van der Waals surface area contributed by atoms with Crippen LogP contribution in [0.25, 0.3) is 0 Å². The molecule has 2 unspecified atom stereocenters. The van der Waals surface area contributed by atoms with Gasteiger partial charge in [-0.15, -0.1) is 23.5 Å². The third kappa shape index (κ3) is 4.42. The number of hydrogen-bond acceptors (Lipinski definition) is 7. The van der Waals surface area contributed by atoms with Crippen molar-refractivity contribution in [2.75, 3.05) is 12.4 Å². The first-order valence-corrected chi connectivity index (χ1v) is 10.5. The number of aliphatic hydroxyl groups is 1. The Morgan fingerprint density at radius 1 is 1.61 bits per heavy atom. The summed E-state index contributed by atoms with van der Waals surface area (Å²) in [7, 11) is 0. The molecule has 0 aromatic rings. The second-order valence-corrected chi connectivity index (χ2v) is 10.2. The standard InChI is InChI=1S/C15H25N3O2S3/c1-14(2,3)17-18-11(10-22-13(18)21-8-5-7-19)15(12(16)20)6-4-9-23-15/h4,9-10,13,17,19H,5-8H2,1-3H3,(H2,16,20). The molecule has 0 aliphatic carbocycles. The lowest BCUT2D eigenvalue weighted by Gasteiger charge is -2.40. The molecule has 8 heteroatoms. The van der Waals surface area contributed by atoms with Crippen molar-refractivity contribution in [1.82, 2.24) is 10.4 Å². The predicted octanol–water partition coefficient (Wildman–Crippen LogP) is 2.45. The Labute approximate surface area is 150 Å². The molecule has 0 radical (unpaired) electrons. The largest absolute Gasteiger partial charge is 0.396 e. The zero-order valence-corrected chi connectivity index (χ0v) is 16.2. The highest BCUT2D eigenvalue weighted by Gasteiger charge is 2.48. The topological polar surface area (TPSA) is 78.6 Å². The van der Waals surface area contributed by atoms with Crippen LogP contribution in [0.15, 0.2) is 22.6 Å². The van der Waals surface area contributed by atoms with Crippen LogP contribution in [0.1, 0.15) is 33.6 Å². The molecule has 2 heterocycles. The van der Waals surface area contributed by atoms with Crippen LogP contribution >= 0.6 is 35.3 Å². The molecule has 130 valence electrons. The van der Waals surface area contributed by atoms with E-state index >= 15 is 0 Å². The number of nitrogens with one attached hydrogen (secondary N) is 1. The number of primary amides is 1. The van der Waals surface area contributed by atoms with E-state index in [9.17, 15) is 4.79 Å². The fourth-order valence-corrected chi connectivity index (χ4v) is 5.87. The molecule has 4 N–H and O–H groups in total. The summed E-state index contributed by atoms with van der Waals surface area (Å²) in [6, 6.07) is 0. The van der Waals surface area contributed by atoms with E-state index in [2.05, 4.69) is 36.6 Å². The molecule has 5 nitrogen and oxygen atoms in total. The van der Waals surface area contributed by atoms with Crippen LogP contribution in [0.5, 0.6) is 0 Å². The average molecular weight is 376 g/mol. The first kappa shape index (κ1) is 19.1. The minimum Gasteiger partial charge on any atom is -0.396 e. The van der Waals surface area contributed by atoms with E-state index in [4.69, 9.17) is 10.8 Å². The van der Waals surface area contributed by atoms with Gasteiger partial charge in [-0.1, -0.05) is 17.8 Å². The maximum absolute atomic E-state index is 12.2. The van der Waals surface area contributed by atoms with Gasteiger partial charge in [0, 0.05) is 12.1 Å².